The van der Waals surface area contributed by atoms with E-state index in [0.717, 1.165) is 6.42 Å². The van der Waals surface area contributed by atoms with Gasteiger partial charge in [0.15, 0.2) is 0 Å². The molecule has 164 valence electrons. The van der Waals surface area contributed by atoms with Crippen LogP contribution in [0.2, 0.25) is 0 Å². The molecule has 1 atom stereocenters. The van der Waals surface area contributed by atoms with E-state index in [1.165, 1.54) is 25.9 Å². The molecule has 3 aromatic carbocycles. The largest absolute Gasteiger partial charge is 1.00 e. The summed E-state index contributed by atoms with van der Waals surface area (Å²) in [5.74, 6) is 0.613. The second-order valence-corrected chi connectivity index (χ2v) is 12.5. The third kappa shape index (κ3) is 5.20. The Morgan fingerprint density at radius 3 is 1.44 bits per heavy atom. The van der Waals surface area contributed by atoms with E-state index in [0.29, 0.717) is 5.92 Å². The molecule has 0 heterocycles. The zero-order valence-electron chi connectivity index (χ0n) is 18.4. The molecule has 1 aliphatic carbocycles. The molecule has 4 rings (SSSR count). The summed E-state index contributed by atoms with van der Waals surface area (Å²) in [6.45, 7) is 4.67. The van der Waals surface area contributed by atoms with Crippen LogP contribution in [0.4, 0.5) is 0 Å². The molecule has 0 saturated heterocycles. The van der Waals surface area contributed by atoms with Gasteiger partial charge >= 0.3 is 188 Å². The Kier molecular flexibility index (Phi) is 11.8. The molecule has 0 nitrogen and oxygen atoms in total. The van der Waals surface area contributed by atoms with Crippen LogP contribution in [0.1, 0.15) is 26.7 Å². The van der Waals surface area contributed by atoms with Crippen molar-refractivity contribution in [2.24, 2.45) is 5.92 Å². The summed E-state index contributed by atoms with van der Waals surface area (Å²) in [5, 5.41) is 6.08. The van der Waals surface area contributed by atoms with E-state index in [-0.39, 0.29) is 37.2 Å². The van der Waals surface area contributed by atoms with E-state index in [2.05, 4.69) is 131 Å². The number of hydrogen-bond donors (Lipinski definition) is 0. The van der Waals surface area contributed by atoms with Crippen LogP contribution in [0.15, 0.2) is 112 Å². The molecule has 0 spiro atoms. The van der Waals surface area contributed by atoms with E-state index >= 15 is 0 Å². The normalized spacial score (nSPS) is 13.9. The fourth-order valence-electron chi connectivity index (χ4n) is 4.69. The molecule has 0 saturated carbocycles. The first-order valence-corrected chi connectivity index (χ1v) is 13.3. The Bertz CT molecular complexity index is 938. The average Bonchev–Trinajstić information content (AvgIpc) is 3.18. The van der Waals surface area contributed by atoms with Crippen molar-refractivity contribution in [3.63, 3.8) is 0 Å². The van der Waals surface area contributed by atoms with Gasteiger partial charge in [-0.05, 0) is 0 Å². The van der Waals surface area contributed by atoms with Crippen molar-refractivity contribution in [1.82, 2.24) is 0 Å². The van der Waals surface area contributed by atoms with Crippen molar-refractivity contribution in [2.75, 3.05) is 0 Å². The number of rotatable bonds is 6. The van der Waals surface area contributed by atoms with Gasteiger partial charge in [0.05, 0.1) is 0 Å². The van der Waals surface area contributed by atoms with E-state index in [4.69, 9.17) is 0 Å². The zero-order valence-corrected chi connectivity index (χ0v) is 23.2. The maximum Gasteiger partial charge on any atom is -1.00 e. The van der Waals surface area contributed by atoms with Gasteiger partial charge in [0.1, 0.15) is 0 Å². The molecular formula is C27H27Cl3SiTi. The summed E-state index contributed by atoms with van der Waals surface area (Å²) < 4.78 is 1.53. The van der Waals surface area contributed by atoms with Gasteiger partial charge in [-0.15, -0.1) is 0 Å². The summed E-state index contributed by atoms with van der Waals surface area (Å²) in [7, 11) is -2.33. The van der Waals surface area contributed by atoms with Gasteiger partial charge in [0, 0.05) is 0 Å². The first kappa shape index (κ1) is 29.0. The third-order valence-corrected chi connectivity index (χ3v) is 12.6. The van der Waals surface area contributed by atoms with Gasteiger partial charge in [0.2, 0.25) is 0 Å². The van der Waals surface area contributed by atoms with Crippen LogP contribution in [0, 0.1) is 5.92 Å². The quantitative estimate of drug-likeness (QED) is 0.223. The predicted molar refractivity (Wildman–Crippen MR) is 123 cm³/mol. The van der Waals surface area contributed by atoms with Gasteiger partial charge in [-0.2, -0.15) is 0 Å². The zero-order chi connectivity index (χ0) is 20.3. The molecule has 0 N–H and O–H groups in total. The van der Waals surface area contributed by atoms with Crippen LogP contribution >= 0.6 is 0 Å². The molecule has 0 fully saturated rings. The summed E-state index contributed by atoms with van der Waals surface area (Å²) in [4.78, 5) is 0. The maximum atomic E-state index is 2.51. The number of hydrogen-bond acceptors (Lipinski definition) is 0. The molecule has 0 aromatic heterocycles. The average molecular weight is 534 g/mol. The Morgan fingerprint density at radius 2 is 1.09 bits per heavy atom. The van der Waals surface area contributed by atoms with Crippen molar-refractivity contribution >= 4 is 23.6 Å². The van der Waals surface area contributed by atoms with Gasteiger partial charge in [0.25, 0.3) is 0 Å². The first-order chi connectivity index (χ1) is 14.2. The fraction of sp³-hybridized carbons (Fsp3) is 0.185. The maximum absolute atomic E-state index is 2.51. The summed E-state index contributed by atoms with van der Waals surface area (Å²) in [6, 6.07) is 33.8. The van der Waals surface area contributed by atoms with E-state index in [1.807, 2.05) is 0 Å². The standard InChI is InChI=1S/C27H27Si.3ClH.Ti/c1-3-22(2)23-19-20-27(21-23)28(24-13-7-4-8-14-24,25-15-9-5-10-16-25)26-17-11-6-12-18-26;;;;/h4-19,22H,3,20H2,1-2H3;3*1H;/q;;;;+3/p-3. The Labute approximate surface area is 224 Å². The molecule has 0 bridgehead atoms. The molecular weight excluding hydrogens is 507 g/mol. The number of halogens is 3. The van der Waals surface area contributed by atoms with Crippen molar-refractivity contribution in [3.05, 3.63) is 112 Å². The minimum atomic E-state index is -2.33. The molecule has 0 aliphatic heterocycles. The molecule has 32 heavy (non-hydrogen) atoms. The van der Waals surface area contributed by atoms with E-state index in [9.17, 15) is 0 Å². The van der Waals surface area contributed by atoms with Gasteiger partial charge in [-0.3, -0.25) is 0 Å². The van der Waals surface area contributed by atoms with Crippen LogP contribution in [-0.2, 0) is 20.4 Å². The Hall–Kier alpha value is -1.06. The SMILES string of the molecule is CCC(C)C1=CCC([Si](c2ccccc2)(c2ccccc2)c2ccccc2)=[C]1[Ti+3].[Cl-].[Cl-].[Cl-]. The van der Waals surface area contributed by atoms with E-state index < -0.39 is 8.07 Å². The van der Waals surface area contributed by atoms with Crippen LogP contribution in [0.3, 0.4) is 0 Å². The molecule has 0 amide bonds. The number of benzene rings is 3. The molecule has 3 aromatic rings. The number of allylic oxidation sites excluding steroid dienone is 4. The van der Waals surface area contributed by atoms with Crippen molar-refractivity contribution in [3.8, 4) is 0 Å². The Morgan fingerprint density at radius 1 is 0.719 bits per heavy atom. The molecule has 1 unspecified atom stereocenters. The van der Waals surface area contributed by atoms with Crippen LogP contribution < -0.4 is 52.8 Å². The van der Waals surface area contributed by atoms with Crippen molar-refractivity contribution in [2.45, 2.75) is 26.7 Å². The van der Waals surface area contributed by atoms with Crippen LogP contribution in [-0.4, -0.2) is 8.07 Å². The monoisotopic (exact) mass is 532 g/mol. The Balaban J connectivity index is 0.00000171. The van der Waals surface area contributed by atoms with E-state index in [1.54, 1.807) is 10.8 Å². The first-order valence-electron chi connectivity index (χ1n) is 10.5. The summed E-state index contributed by atoms with van der Waals surface area (Å²) in [6.07, 6.45) is 4.76. The van der Waals surface area contributed by atoms with Crippen LogP contribution in [0.5, 0.6) is 0 Å². The van der Waals surface area contributed by atoms with Gasteiger partial charge < -0.3 is 37.2 Å². The topological polar surface area (TPSA) is 0 Å². The van der Waals surface area contributed by atoms with Gasteiger partial charge in [-0.25, -0.2) is 0 Å². The molecule has 1 aliphatic rings. The molecule has 5 heteroatoms. The van der Waals surface area contributed by atoms with Crippen LogP contribution in [0.25, 0.3) is 0 Å². The minimum absolute atomic E-state index is 0. The summed E-state index contributed by atoms with van der Waals surface area (Å²) in [5.41, 5.74) is 1.56. The second kappa shape index (κ2) is 13.0. The third-order valence-electron chi connectivity index (χ3n) is 6.33. The fourth-order valence-corrected chi connectivity index (χ4v) is 11.3. The molecule has 0 radical (unpaired) electrons. The summed E-state index contributed by atoms with van der Waals surface area (Å²) >= 11 is 2.37. The van der Waals surface area contributed by atoms with Gasteiger partial charge in [-0.1, -0.05) is 0 Å². The second-order valence-electron chi connectivity index (χ2n) is 7.87. The van der Waals surface area contributed by atoms with Crippen molar-refractivity contribution < 1.29 is 57.7 Å². The smallest absolute Gasteiger partial charge is 1.00 e. The van der Waals surface area contributed by atoms with Crippen molar-refractivity contribution in [1.29, 1.82) is 0 Å². The predicted octanol–water partition coefficient (Wildman–Crippen LogP) is -4.11. The minimum Gasteiger partial charge on any atom is -1.00 e.